The highest BCUT2D eigenvalue weighted by molar-refractivity contribution is 6.46. The van der Waals surface area contributed by atoms with Gasteiger partial charge in [-0.15, -0.1) is 0 Å². The van der Waals surface area contributed by atoms with Crippen LogP contribution in [-0.2, 0) is 16.1 Å². The summed E-state index contributed by atoms with van der Waals surface area (Å²) in [5.41, 5.74) is 1.73. The van der Waals surface area contributed by atoms with E-state index in [1.165, 1.54) is 4.90 Å². The van der Waals surface area contributed by atoms with Crippen molar-refractivity contribution in [1.82, 2.24) is 14.9 Å². The maximum atomic E-state index is 13.0. The third kappa shape index (κ3) is 4.23. The number of nitrogens with zero attached hydrogens (tertiary/aromatic N) is 3. The summed E-state index contributed by atoms with van der Waals surface area (Å²) in [6, 6.07) is 14.9. The molecule has 1 aliphatic rings. The molecule has 162 valence electrons. The van der Waals surface area contributed by atoms with Gasteiger partial charge in [-0.2, -0.15) is 0 Å². The Hall–Kier alpha value is -4.00. The van der Waals surface area contributed by atoms with Crippen molar-refractivity contribution in [3.63, 3.8) is 0 Å². The van der Waals surface area contributed by atoms with E-state index in [9.17, 15) is 14.7 Å². The monoisotopic (exact) mass is 429 g/mol. The van der Waals surface area contributed by atoms with Crippen LogP contribution in [0, 0.1) is 0 Å². The third-order valence-corrected chi connectivity index (χ3v) is 5.20. The van der Waals surface area contributed by atoms with Crippen LogP contribution >= 0.6 is 0 Å². The van der Waals surface area contributed by atoms with Gasteiger partial charge in [-0.1, -0.05) is 19.1 Å². The van der Waals surface area contributed by atoms with E-state index in [-0.39, 0.29) is 17.9 Å². The number of Topliss-reactive ketones (excluding diaryl/α,β-unsaturated/α-hetero) is 1. The Morgan fingerprint density at radius 3 is 2.53 bits per heavy atom. The number of likely N-dealkylation sites (tertiary alicyclic amines) is 1. The number of hydrogen-bond donors (Lipinski definition) is 1. The smallest absolute Gasteiger partial charge is 0.296 e. The molecule has 1 fully saturated rings. The fraction of sp³-hybridized carbons (Fsp3) is 0.200. The zero-order chi connectivity index (χ0) is 22.5. The minimum absolute atomic E-state index is 0.0288. The Balaban J connectivity index is 1.76. The van der Waals surface area contributed by atoms with Gasteiger partial charge in [-0.3, -0.25) is 19.6 Å². The molecule has 2 aromatic heterocycles. The van der Waals surface area contributed by atoms with Crippen molar-refractivity contribution in [2.75, 3.05) is 6.61 Å². The van der Waals surface area contributed by atoms with Crippen LogP contribution in [0.1, 0.15) is 36.2 Å². The van der Waals surface area contributed by atoms with Gasteiger partial charge in [0.05, 0.1) is 30.5 Å². The lowest BCUT2D eigenvalue weighted by Crippen LogP contribution is -2.29. The molecule has 3 heterocycles. The van der Waals surface area contributed by atoms with Crippen LogP contribution in [0.25, 0.3) is 5.76 Å². The van der Waals surface area contributed by atoms with E-state index >= 15 is 0 Å². The predicted octanol–water partition coefficient (Wildman–Crippen LogP) is 3.89. The molecule has 1 N–H and O–H groups in total. The van der Waals surface area contributed by atoms with Crippen LogP contribution < -0.4 is 4.74 Å². The maximum absolute atomic E-state index is 13.0. The summed E-state index contributed by atoms with van der Waals surface area (Å²) in [5.74, 6) is -0.988. The highest BCUT2D eigenvalue weighted by Gasteiger charge is 2.46. The molecule has 7 heteroatoms. The molecule has 0 bridgehead atoms. The number of aliphatic hydroxyl groups is 1. The average Bonchev–Trinajstić information content (AvgIpc) is 3.09. The average molecular weight is 429 g/mol. The summed E-state index contributed by atoms with van der Waals surface area (Å²) in [5, 5.41) is 11.1. The van der Waals surface area contributed by atoms with Gasteiger partial charge in [-0.05, 0) is 54.4 Å². The van der Waals surface area contributed by atoms with Gasteiger partial charge in [0, 0.05) is 24.2 Å². The van der Waals surface area contributed by atoms with Crippen LogP contribution in [0.15, 0.2) is 78.8 Å². The molecule has 1 saturated heterocycles. The zero-order valence-electron chi connectivity index (χ0n) is 17.6. The molecule has 32 heavy (non-hydrogen) atoms. The van der Waals surface area contributed by atoms with Crippen molar-refractivity contribution in [2.45, 2.75) is 25.9 Å². The van der Waals surface area contributed by atoms with Crippen molar-refractivity contribution >= 4 is 17.4 Å². The van der Waals surface area contributed by atoms with Gasteiger partial charge in [0.25, 0.3) is 11.7 Å². The first-order valence-corrected chi connectivity index (χ1v) is 10.4. The second-order valence-electron chi connectivity index (χ2n) is 7.41. The quantitative estimate of drug-likeness (QED) is 0.348. The molecule has 4 rings (SSSR count). The molecule has 1 aliphatic heterocycles. The van der Waals surface area contributed by atoms with E-state index in [4.69, 9.17) is 4.74 Å². The zero-order valence-corrected chi connectivity index (χ0v) is 17.6. The first kappa shape index (κ1) is 21.2. The van der Waals surface area contributed by atoms with Crippen LogP contribution in [0.3, 0.4) is 0 Å². The second kappa shape index (κ2) is 9.43. The number of carbonyl (C=O) groups is 2. The van der Waals surface area contributed by atoms with E-state index in [0.717, 1.165) is 6.42 Å². The fourth-order valence-corrected chi connectivity index (χ4v) is 3.68. The molecule has 1 unspecified atom stereocenters. The maximum Gasteiger partial charge on any atom is 0.296 e. The Kier molecular flexibility index (Phi) is 6.26. The number of aliphatic hydroxyl groups excluding tert-OH is 1. The minimum atomic E-state index is -0.776. The lowest BCUT2D eigenvalue weighted by Gasteiger charge is -2.24. The molecular weight excluding hydrogens is 406 g/mol. The Morgan fingerprint density at radius 1 is 1.06 bits per heavy atom. The fourth-order valence-electron chi connectivity index (χ4n) is 3.68. The van der Waals surface area contributed by atoms with Crippen molar-refractivity contribution in [1.29, 1.82) is 0 Å². The lowest BCUT2D eigenvalue weighted by molar-refractivity contribution is -0.140. The number of carbonyl (C=O) groups excluding carboxylic acids is 2. The summed E-state index contributed by atoms with van der Waals surface area (Å²) in [7, 11) is 0. The van der Waals surface area contributed by atoms with Crippen molar-refractivity contribution in [3.05, 3.63) is 95.6 Å². The number of pyridine rings is 2. The molecule has 0 aliphatic carbocycles. The molecule has 3 aromatic rings. The third-order valence-electron chi connectivity index (χ3n) is 5.20. The molecule has 1 amide bonds. The standard InChI is InChI=1S/C25H23N3O4/c1-2-14-32-20-10-8-17(9-11-20)23(29)21-22(18-6-5-12-26-15-18)28(25(31)24(21)30)16-19-7-3-4-13-27-19/h3-13,15,22,29H,2,14,16H2,1H3/b23-21+. The van der Waals surface area contributed by atoms with E-state index < -0.39 is 17.7 Å². The van der Waals surface area contributed by atoms with Crippen molar-refractivity contribution in [3.8, 4) is 5.75 Å². The molecular formula is C25H23N3O4. The highest BCUT2D eigenvalue weighted by Crippen LogP contribution is 2.40. The Bertz CT molecular complexity index is 1130. The molecule has 0 radical (unpaired) electrons. The number of rotatable bonds is 7. The lowest BCUT2D eigenvalue weighted by atomic mass is 9.96. The molecule has 0 saturated carbocycles. The summed E-state index contributed by atoms with van der Waals surface area (Å²) < 4.78 is 5.59. The largest absolute Gasteiger partial charge is 0.507 e. The van der Waals surface area contributed by atoms with Crippen molar-refractivity contribution < 1.29 is 19.4 Å². The number of aromatic nitrogens is 2. The molecule has 7 nitrogen and oxygen atoms in total. The van der Waals surface area contributed by atoms with E-state index in [1.54, 1.807) is 67.1 Å². The van der Waals surface area contributed by atoms with Gasteiger partial charge in [0.15, 0.2) is 0 Å². The summed E-state index contributed by atoms with van der Waals surface area (Å²) in [6.07, 6.45) is 5.72. The molecule has 0 spiro atoms. The van der Waals surface area contributed by atoms with E-state index in [1.807, 2.05) is 13.0 Å². The Labute approximate surface area is 186 Å². The summed E-state index contributed by atoms with van der Waals surface area (Å²) >= 11 is 0. The topological polar surface area (TPSA) is 92.6 Å². The van der Waals surface area contributed by atoms with Crippen LogP contribution in [0.4, 0.5) is 0 Å². The number of benzene rings is 1. The first-order valence-electron chi connectivity index (χ1n) is 10.4. The van der Waals surface area contributed by atoms with Gasteiger partial charge in [-0.25, -0.2) is 0 Å². The van der Waals surface area contributed by atoms with Gasteiger partial charge in [0.1, 0.15) is 11.5 Å². The van der Waals surface area contributed by atoms with E-state index in [0.29, 0.717) is 29.2 Å². The summed E-state index contributed by atoms with van der Waals surface area (Å²) in [6.45, 7) is 2.74. The second-order valence-corrected chi connectivity index (χ2v) is 7.41. The SMILES string of the molecule is CCCOc1ccc(/C(O)=C2\C(=O)C(=O)N(Cc3ccccn3)C2c2cccnc2)cc1. The normalized spacial score (nSPS) is 17.5. The van der Waals surface area contributed by atoms with Crippen LogP contribution in [-0.4, -0.2) is 38.3 Å². The minimum Gasteiger partial charge on any atom is -0.507 e. The highest BCUT2D eigenvalue weighted by atomic mass is 16.5. The number of ketones is 1. The number of ether oxygens (including phenoxy) is 1. The van der Waals surface area contributed by atoms with Gasteiger partial charge in [0.2, 0.25) is 0 Å². The number of hydrogen-bond acceptors (Lipinski definition) is 6. The molecule has 1 aromatic carbocycles. The summed E-state index contributed by atoms with van der Waals surface area (Å²) in [4.78, 5) is 35.9. The van der Waals surface area contributed by atoms with E-state index in [2.05, 4.69) is 9.97 Å². The predicted molar refractivity (Wildman–Crippen MR) is 119 cm³/mol. The van der Waals surface area contributed by atoms with Gasteiger partial charge < -0.3 is 14.7 Å². The van der Waals surface area contributed by atoms with Crippen molar-refractivity contribution in [2.24, 2.45) is 0 Å². The Morgan fingerprint density at radius 2 is 1.88 bits per heavy atom. The van der Waals surface area contributed by atoms with Crippen LogP contribution in [0.2, 0.25) is 0 Å². The van der Waals surface area contributed by atoms with Gasteiger partial charge >= 0.3 is 0 Å². The molecule has 1 atom stereocenters. The first-order chi connectivity index (χ1) is 15.6. The van der Waals surface area contributed by atoms with Crippen LogP contribution in [0.5, 0.6) is 5.75 Å². The number of amides is 1.